The SMILES string of the molecule is c1cc(-c2ccc3cc(-c4ccc5ccccc5c4)ccc3c2)cc(-c2cc3c4ccccc4c4ccccc4c3c3ccccc23)c1. The van der Waals surface area contributed by atoms with E-state index in [2.05, 4.69) is 182 Å². The van der Waals surface area contributed by atoms with Gasteiger partial charge in [-0.15, -0.1) is 0 Å². The lowest BCUT2D eigenvalue weighted by molar-refractivity contribution is 1.62. The lowest BCUT2D eigenvalue weighted by Gasteiger charge is -2.16. The van der Waals surface area contributed by atoms with Crippen molar-refractivity contribution < 1.29 is 0 Å². The van der Waals surface area contributed by atoms with E-state index < -0.39 is 0 Å². The van der Waals surface area contributed by atoms with Crippen molar-refractivity contribution in [1.29, 1.82) is 0 Å². The number of fused-ring (bicyclic) bond motifs is 10. The van der Waals surface area contributed by atoms with Crippen molar-refractivity contribution in [1.82, 2.24) is 0 Å². The van der Waals surface area contributed by atoms with Crippen molar-refractivity contribution in [3.63, 3.8) is 0 Å². The molecule has 0 spiro atoms. The fraction of sp³-hybridized carbons (Fsp3) is 0. The van der Waals surface area contributed by atoms with Crippen molar-refractivity contribution in [3.8, 4) is 33.4 Å². The minimum Gasteiger partial charge on any atom is -0.0616 e. The molecule has 10 aromatic rings. The second-order valence-electron chi connectivity index (χ2n) is 12.9. The maximum atomic E-state index is 2.43. The van der Waals surface area contributed by atoms with Gasteiger partial charge in [-0.2, -0.15) is 0 Å². The Bertz CT molecular complexity index is 2890. The summed E-state index contributed by atoms with van der Waals surface area (Å²) in [5, 5.41) is 15.5. The van der Waals surface area contributed by atoms with Gasteiger partial charge in [-0.25, -0.2) is 0 Å². The van der Waals surface area contributed by atoms with E-state index in [1.807, 2.05) is 0 Å². The molecule has 222 valence electrons. The largest absolute Gasteiger partial charge is 0.0616 e. The first-order valence-electron chi connectivity index (χ1n) is 16.7. The highest BCUT2D eigenvalue weighted by Gasteiger charge is 2.15. The lowest BCUT2D eigenvalue weighted by atomic mass is 9.87. The third kappa shape index (κ3) is 4.24. The van der Waals surface area contributed by atoms with E-state index in [1.54, 1.807) is 0 Å². The van der Waals surface area contributed by atoms with Crippen LogP contribution < -0.4 is 0 Å². The van der Waals surface area contributed by atoms with Crippen molar-refractivity contribution in [2.75, 3.05) is 0 Å². The van der Waals surface area contributed by atoms with Gasteiger partial charge in [-0.05, 0) is 128 Å². The highest BCUT2D eigenvalue weighted by atomic mass is 14.2. The molecular formula is C48H30. The van der Waals surface area contributed by atoms with Gasteiger partial charge >= 0.3 is 0 Å². The molecule has 0 atom stereocenters. The van der Waals surface area contributed by atoms with E-state index in [-0.39, 0.29) is 0 Å². The minimum absolute atomic E-state index is 1.22. The zero-order valence-corrected chi connectivity index (χ0v) is 26.3. The van der Waals surface area contributed by atoms with Gasteiger partial charge in [0.2, 0.25) is 0 Å². The van der Waals surface area contributed by atoms with Gasteiger partial charge in [-0.1, -0.05) is 152 Å². The standard InChI is InChI=1S/C48H30/c1-2-11-32-26-35(21-20-31(32)10-1)37-25-24-36-27-34(22-23-38(36)28-37)33-12-9-13-39(29-33)46-30-47-42-16-4-3-14-40(42)41-15-5-7-18-44(41)48(47)45-19-8-6-17-43(45)46/h1-30H. The Balaban J connectivity index is 1.11. The third-order valence-electron chi connectivity index (χ3n) is 10.2. The smallest absolute Gasteiger partial charge is 0.00199 e. The molecular weight excluding hydrogens is 577 g/mol. The molecule has 0 aliphatic heterocycles. The molecule has 0 nitrogen and oxygen atoms in total. The number of rotatable bonds is 3. The molecule has 0 radical (unpaired) electrons. The maximum absolute atomic E-state index is 2.43. The van der Waals surface area contributed by atoms with Gasteiger partial charge in [0, 0.05) is 0 Å². The average molecular weight is 607 g/mol. The zero-order chi connectivity index (χ0) is 31.6. The second kappa shape index (κ2) is 10.7. The van der Waals surface area contributed by atoms with Crippen LogP contribution in [0.25, 0.3) is 98.0 Å². The summed E-state index contributed by atoms with van der Waals surface area (Å²) in [6.07, 6.45) is 0. The average Bonchev–Trinajstić information content (AvgIpc) is 3.17. The predicted molar refractivity (Wildman–Crippen MR) is 208 cm³/mol. The molecule has 0 saturated heterocycles. The van der Waals surface area contributed by atoms with Gasteiger partial charge in [0.05, 0.1) is 0 Å². The van der Waals surface area contributed by atoms with Crippen LogP contribution in [-0.4, -0.2) is 0 Å². The normalized spacial score (nSPS) is 11.8. The van der Waals surface area contributed by atoms with Crippen LogP contribution >= 0.6 is 0 Å². The molecule has 0 heteroatoms. The predicted octanol–water partition coefficient (Wildman–Crippen LogP) is 13.6. The van der Waals surface area contributed by atoms with Crippen molar-refractivity contribution in [3.05, 3.63) is 182 Å². The number of benzene rings is 10. The summed E-state index contributed by atoms with van der Waals surface area (Å²) in [5.74, 6) is 0. The summed E-state index contributed by atoms with van der Waals surface area (Å²) >= 11 is 0. The summed E-state index contributed by atoms with van der Waals surface area (Å²) in [6, 6.07) is 67.1. The molecule has 0 saturated carbocycles. The molecule has 0 unspecified atom stereocenters. The third-order valence-corrected chi connectivity index (χ3v) is 10.2. The highest BCUT2D eigenvalue weighted by molar-refractivity contribution is 6.33. The van der Waals surface area contributed by atoms with Gasteiger partial charge < -0.3 is 0 Å². The van der Waals surface area contributed by atoms with Gasteiger partial charge in [0.15, 0.2) is 0 Å². The zero-order valence-electron chi connectivity index (χ0n) is 26.3. The fourth-order valence-corrected chi connectivity index (χ4v) is 7.85. The fourth-order valence-electron chi connectivity index (χ4n) is 7.85. The first-order valence-corrected chi connectivity index (χ1v) is 16.7. The Morgan fingerprint density at radius 1 is 0.208 bits per heavy atom. The van der Waals surface area contributed by atoms with Crippen LogP contribution in [-0.2, 0) is 0 Å². The van der Waals surface area contributed by atoms with E-state index in [1.165, 1.54) is 98.0 Å². The van der Waals surface area contributed by atoms with E-state index in [4.69, 9.17) is 0 Å². The Morgan fingerprint density at radius 3 is 1.27 bits per heavy atom. The molecule has 0 aromatic heterocycles. The Morgan fingerprint density at radius 2 is 0.625 bits per heavy atom. The summed E-state index contributed by atoms with van der Waals surface area (Å²) in [5.41, 5.74) is 7.43. The van der Waals surface area contributed by atoms with Crippen LogP contribution in [0.1, 0.15) is 0 Å². The van der Waals surface area contributed by atoms with E-state index >= 15 is 0 Å². The van der Waals surface area contributed by atoms with Crippen LogP contribution in [0.3, 0.4) is 0 Å². The van der Waals surface area contributed by atoms with Crippen LogP contribution in [0.4, 0.5) is 0 Å². The topological polar surface area (TPSA) is 0 Å². The Hall–Kier alpha value is -6.24. The monoisotopic (exact) mass is 606 g/mol. The lowest BCUT2D eigenvalue weighted by Crippen LogP contribution is -1.89. The van der Waals surface area contributed by atoms with Gasteiger partial charge in [0.1, 0.15) is 0 Å². The molecule has 0 amide bonds. The quantitative estimate of drug-likeness (QED) is 0.176. The molecule has 0 N–H and O–H groups in total. The highest BCUT2D eigenvalue weighted by Crippen LogP contribution is 2.43. The molecule has 0 heterocycles. The summed E-state index contributed by atoms with van der Waals surface area (Å²) in [7, 11) is 0. The van der Waals surface area contributed by atoms with Gasteiger partial charge in [0.25, 0.3) is 0 Å². The van der Waals surface area contributed by atoms with E-state index in [0.29, 0.717) is 0 Å². The summed E-state index contributed by atoms with van der Waals surface area (Å²) in [4.78, 5) is 0. The molecule has 0 fully saturated rings. The molecule has 48 heavy (non-hydrogen) atoms. The van der Waals surface area contributed by atoms with Crippen LogP contribution in [0.5, 0.6) is 0 Å². The van der Waals surface area contributed by atoms with Crippen molar-refractivity contribution >= 4 is 64.6 Å². The van der Waals surface area contributed by atoms with Crippen molar-refractivity contribution in [2.45, 2.75) is 0 Å². The summed E-state index contributed by atoms with van der Waals surface area (Å²) in [6.45, 7) is 0. The number of hydrogen-bond acceptors (Lipinski definition) is 0. The van der Waals surface area contributed by atoms with E-state index in [9.17, 15) is 0 Å². The first kappa shape index (κ1) is 26.9. The van der Waals surface area contributed by atoms with Crippen LogP contribution in [0.2, 0.25) is 0 Å². The van der Waals surface area contributed by atoms with Crippen LogP contribution in [0, 0.1) is 0 Å². The second-order valence-corrected chi connectivity index (χ2v) is 12.9. The Kier molecular flexibility index (Phi) is 5.98. The van der Waals surface area contributed by atoms with Gasteiger partial charge in [-0.3, -0.25) is 0 Å². The summed E-state index contributed by atoms with van der Waals surface area (Å²) < 4.78 is 0. The molecule has 0 bridgehead atoms. The minimum atomic E-state index is 1.22. The van der Waals surface area contributed by atoms with Crippen molar-refractivity contribution in [2.24, 2.45) is 0 Å². The number of hydrogen-bond donors (Lipinski definition) is 0. The Labute approximate surface area is 279 Å². The molecule has 10 aromatic carbocycles. The van der Waals surface area contributed by atoms with E-state index in [0.717, 1.165) is 0 Å². The first-order chi connectivity index (χ1) is 23.8. The molecule has 0 aliphatic carbocycles. The molecule has 10 rings (SSSR count). The molecule has 0 aliphatic rings. The van der Waals surface area contributed by atoms with Crippen LogP contribution in [0.15, 0.2) is 182 Å². The maximum Gasteiger partial charge on any atom is -0.00199 e.